The van der Waals surface area contributed by atoms with Gasteiger partial charge in [-0.2, -0.15) is 0 Å². The third-order valence-corrected chi connectivity index (χ3v) is 7.97. The highest BCUT2D eigenvalue weighted by Gasteiger charge is 2.32. The summed E-state index contributed by atoms with van der Waals surface area (Å²) in [6, 6.07) is 32.7. The van der Waals surface area contributed by atoms with Gasteiger partial charge in [0.2, 0.25) is 0 Å². The van der Waals surface area contributed by atoms with Crippen molar-refractivity contribution in [2.75, 3.05) is 12.9 Å². The molecule has 4 aromatic carbocycles. The highest BCUT2D eigenvalue weighted by Crippen LogP contribution is 2.40. The van der Waals surface area contributed by atoms with Crippen molar-refractivity contribution in [1.29, 1.82) is 0 Å². The molecule has 0 spiro atoms. The van der Waals surface area contributed by atoms with Crippen LogP contribution in [0.25, 0.3) is 11.1 Å². The van der Waals surface area contributed by atoms with Crippen LogP contribution in [0.5, 0.6) is 5.75 Å². The van der Waals surface area contributed by atoms with E-state index in [-0.39, 0.29) is 18.8 Å². The van der Waals surface area contributed by atoms with E-state index in [1.54, 1.807) is 18.9 Å². The lowest BCUT2D eigenvalue weighted by molar-refractivity contribution is -0.245. The van der Waals surface area contributed by atoms with Crippen molar-refractivity contribution >= 4 is 11.8 Å². The van der Waals surface area contributed by atoms with Crippen LogP contribution in [0.2, 0.25) is 0 Å². The van der Waals surface area contributed by atoms with E-state index in [2.05, 4.69) is 42.5 Å². The summed E-state index contributed by atoms with van der Waals surface area (Å²) in [5.74, 6) is 1.64. The highest BCUT2D eigenvalue weighted by molar-refractivity contribution is 7.99. The minimum Gasteiger partial charge on any atom is -0.496 e. The van der Waals surface area contributed by atoms with Crippen LogP contribution in [0.3, 0.4) is 0 Å². The van der Waals surface area contributed by atoms with Crippen molar-refractivity contribution in [2.24, 2.45) is 5.73 Å². The molecular formula is C32H33NO4S. The Hall–Kier alpha value is -3.13. The average molecular weight is 528 g/mol. The van der Waals surface area contributed by atoms with E-state index in [0.29, 0.717) is 6.54 Å². The predicted molar refractivity (Wildman–Crippen MR) is 152 cm³/mol. The monoisotopic (exact) mass is 527 g/mol. The van der Waals surface area contributed by atoms with Gasteiger partial charge in [-0.25, -0.2) is 0 Å². The first-order valence-corrected chi connectivity index (χ1v) is 13.8. The van der Waals surface area contributed by atoms with E-state index in [4.69, 9.17) is 19.9 Å². The fraction of sp³-hybridized carbons (Fsp3) is 0.250. The van der Waals surface area contributed by atoms with E-state index < -0.39 is 6.29 Å². The van der Waals surface area contributed by atoms with Gasteiger partial charge >= 0.3 is 0 Å². The van der Waals surface area contributed by atoms with Crippen LogP contribution in [0.1, 0.15) is 41.1 Å². The average Bonchev–Trinajstić information content (AvgIpc) is 3.00. The molecule has 0 radical (unpaired) electrons. The van der Waals surface area contributed by atoms with Crippen LogP contribution in [0.4, 0.5) is 0 Å². The Morgan fingerprint density at radius 2 is 1.61 bits per heavy atom. The number of para-hydroxylation sites is 1. The SMILES string of the molecule is COc1ccccc1SCC1CC(c2ccc(CO)cc2)OC(c2ccc(-c3cccc(CN)c3)cc2)O1. The molecule has 1 fully saturated rings. The molecule has 3 unspecified atom stereocenters. The van der Waals surface area contributed by atoms with Gasteiger partial charge in [-0.15, -0.1) is 11.8 Å². The molecule has 3 N–H and O–H groups in total. The van der Waals surface area contributed by atoms with Gasteiger partial charge in [-0.3, -0.25) is 0 Å². The molecule has 4 aromatic rings. The van der Waals surface area contributed by atoms with Gasteiger partial charge in [0, 0.05) is 29.2 Å². The molecule has 0 aromatic heterocycles. The van der Waals surface area contributed by atoms with Crippen LogP contribution in [-0.4, -0.2) is 24.1 Å². The molecule has 3 atom stereocenters. The molecule has 1 aliphatic heterocycles. The van der Waals surface area contributed by atoms with E-state index in [1.165, 1.54) is 0 Å². The molecule has 6 heteroatoms. The molecule has 196 valence electrons. The summed E-state index contributed by atoms with van der Waals surface area (Å²) in [7, 11) is 1.70. The highest BCUT2D eigenvalue weighted by atomic mass is 32.2. The molecule has 0 aliphatic carbocycles. The summed E-state index contributed by atoms with van der Waals surface area (Å²) >= 11 is 1.73. The first kappa shape index (κ1) is 26.5. The summed E-state index contributed by atoms with van der Waals surface area (Å²) in [6.45, 7) is 0.543. The molecule has 5 rings (SSSR count). The predicted octanol–water partition coefficient (Wildman–Crippen LogP) is 6.65. The molecular weight excluding hydrogens is 494 g/mol. The molecule has 0 saturated carbocycles. The largest absolute Gasteiger partial charge is 0.496 e. The maximum Gasteiger partial charge on any atom is 0.184 e. The summed E-state index contributed by atoms with van der Waals surface area (Å²) in [6.07, 6.45) is 0.109. The number of hydrogen-bond acceptors (Lipinski definition) is 6. The van der Waals surface area contributed by atoms with Crippen molar-refractivity contribution < 1.29 is 19.3 Å². The summed E-state index contributed by atoms with van der Waals surface area (Å²) in [4.78, 5) is 1.09. The smallest absolute Gasteiger partial charge is 0.184 e. The topological polar surface area (TPSA) is 73.9 Å². The maximum atomic E-state index is 9.46. The Morgan fingerprint density at radius 1 is 0.842 bits per heavy atom. The van der Waals surface area contributed by atoms with Crippen LogP contribution in [0.15, 0.2) is 102 Å². The molecule has 38 heavy (non-hydrogen) atoms. The van der Waals surface area contributed by atoms with Gasteiger partial charge in [-0.05, 0) is 46.0 Å². The number of aliphatic hydroxyl groups excluding tert-OH is 1. The number of ether oxygens (including phenoxy) is 3. The third-order valence-electron chi connectivity index (χ3n) is 6.79. The van der Waals surface area contributed by atoms with Gasteiger partial charge in [-0.1, -0.05) is 78.9 Å². The number of benzene rings is 4. The van der Waals surface area contributed by atoms with Gasteiger partial charge in [0.05, 0.1) is 25.9 Å². The molecule has 1 aliphatic rings. The lowest BCUT2D eigenvalue weighted by Crippen LogP contribution is -2.31. The zero-order valence-electron chi connectivity index (χ0n) is 21.5. The molecule has 0 amide bonds. The van der Waals surface area contributed by atoms with Crippen molar-refractivity contribution in [3.8, 4) is 16.9 Å². The lowest BCUT2D eigenvalue weighted by Gasteiger charge is -2.36. The van der Waals surface area contributed by atoms with Crippen LogP contribution < -0.4 is 10.5 Å². The second-order valence-electron chi connectivity index (χ2n) is 9.34. The first-order chi connectivity index (χ1) is 18.7. The van der Waals surface area contributed by atoms with Gasteiger partial charge in [0.25, 0.3) is 0 Å². The fourth-order valence-electron chi connectivity index (χ4n) is 4.65. The molecule has 1 saturated heterocycles. The summed E-state index contributed by atoms with van der Waals surface area (Å²) in [5.41, 5.74) is 12.1. The quantitative estimate of drug-likeness (QED) is 0.237. The van der Waals surface area contributed by atoms with E-state index in [1.807, 2.05) is 54.6 Å². The summed E-state index contributed by atoms with van der Waals surface area (Å²) < 4.78 is 18.5. The van der Waals surface area contributed by atoms with Gasteiger partial charge in [0.1, 0.15) is 5.75 Å². The second kappa shape index (κ2) is 12.6. The zero-order chi connectivity index (χ0) is 26.3. The van der Waals surface area contributed by atoms with Crippen LogP contribution in [-0.2, 0) is 22.6 Å². The standard InChI is InChI=1S/C32H33NO4S/c1-35-29-7-2-3-8-31(29)38-21-28-18-30(25-11-9-22(20-34)10-12-25)37-32(36-28)26-15-13-24(14-16-26)27-6-4-5-23(17-27)19-33/h2-17,28,30,32,34H,18-21,33H2,1H3. The zero-order valence-corrected chi connectivity index (χ0v) is 22.3. The maximum absolute atomic E-state index is 9.46. The van der Waals surface area contributed by atoms with E-state index in [0.717, 1.165) is 56.2 Å². The number of rotatable bonds is 9. The van der Waals surface area contributed by atoms with Crippen LogP contribution >= 0.6 is 11.8 Å². The fourth-order valence-corrected chi connectivity index (χ4v) is 5.70. The lowest BCUT2D eigenvalue weighted by atomic mass is 9.99. The van der Waals surface area contributed by atoms with Gasteiger partial charge in [0.15, 0.2) is 6.29 Å². The number of aliphatic hydroxyl groups is 1. The molecule has 0 bridgehead atoms. The Kier molecular flexibility index (Phi) is 8.79. The molecule has 1 heterocycles. The Labute approximate surface area is 228 Å². The second-order valence-corrected chi connectivity index (χ2v) is 10.4. The number of hydrogen-bond donors (Lipinski definition) is 2. The van der Waals surface area contributed by atoms with E-state index >= 15 is 0 Å². The Bertz CT molecular complexity index is 1330. The molecule has 5 nitrogen and oxygen atoms in total. The first-order valence-electron chi connectivity index (χ1n) is 12.8. The van der Waals surface area contributed by atoms with Crippen molar-refractivity contribution in [3.05, 3.63) is 119 Å². The normalized spacial score (nSPS) is 19.3. The van der Waals surface area contributed by atoms with Crippen LogP contribution in [0, 0.1) is 0 Å². The van der Waals surface area contributed by atoms with Crippen molar-refractivity contribution in [2.45, 2.75) is 43.0 Å². The minimum atomic E-state index is -0.487. The van der Waals surface area contributed by atoms with Crippen molar-refractivity contribution in [3.63, 3.8) is 0 Å². The Balaban J connectivity index is 1.37. The number of thioether (sulfide) groups is 1. The van der Waals surface area contributed by atoms with E-state index in [9.17, 15) is 5.11 Å². The van der Waals surface area contributed by atoms with Gasteiger partial charge < -0.3 is 25.1 Å². The summed E-state index contributed by atoms with van der Waals surface area (Å²) in [5, 5.41) is 9.46. The number of methoxy groups -OCH3 is 1. The Morgan fingerprint density at radius 3 is 2.34 bits per heavy atom. The number of nitrogens with two attached hydrogens (primary N) is 1. The third kappa shape index (κ3) is 6.29. The van der Waals surface area contributed by atoms with Crippen molar-refractivity contribution in [1.82, 2.24) is 0 Å². The minimum absolute atomic E-state index is 0.0212.